The van der Waals surface area contributed by atoms with E-state index in [1.165, 1.54) is 19.2 Å². The molecule has 19 heavy (non-hydrogen) atoms. The van der Waals surface area contributed by atoms with E-state index < -0.39 is 10.0 Å². The molecule has 100 valence electrons. The number of anilines is 1. The first-order valence-corrected chi connectivity index (χ1v) is 6.80. The monoisotopic (exact) mass is 299 g/mol. The Morgan fingerprint density at radius 2 is 2.21 bits per heavy atom. The van der Waals surface area contributed by atoms with Crippen molar-refractivity contribution in [3.63, 3.8) is 0 Å². The number of nitrogens with zero attached hydrogens (tertiary/aromatic N) is 5. The molecule has 0 unspecified atom stereocenters. The average Bonchev–Trinajstić information content (AvgIpc) is 2.74. The van der Waals surface area contributed by atoms with Crippen molar-refractivity contribution in [3.05, 3.63) is 24.0 Å². The Balaban J connectivity index is 2.26. The van der Waals surface area contributed by atoms with Gasteiger partial charge in [0.05, 0.1) is 12.7 Å². The fourth-order valence-corrected chi connectivity index (χ4v) is 2.19. The maximum atomic E-state index is 12.0. The van der Waals surface area contributed by atoms with Gasteiger partial charge in [-0.05, 0) is 17.3 Å². The number of pyridine rings is 1. The lowest BCUT2D eigenvalue weighted by Gasteiger charge is -2.04. The van der Waals surface area contributed by atoms with Crippen LogP contribution >= 0.6 is 12.2 Å². The molecule has 0 aliphatic rings. The van der Waals surface area contributed by atoms with Gasteiger partial charge in [0.15, 0.2) is 0 Å². The summed E-state index contributed by atoms with van der Waals surface area (Å²) in [5, 5.41) is 10.7. The van der Waals surface area contributed by atoms with Crippen LogP contribution in [0.2, 0.25) is 0 Å². The first kappa shape index (κ1) is 13.3. The lowest BCUT2D eigenvalue weighted by molar-refractivity contribution is 0.600. The van der Waals surface area contributed by atoms with Crippen molar-refractivity contribution < 1.29 is 8.42 Å². The zero-order chi connectivity index (χ0) is 14.0. The Morgan fingerprint density at radius 3 is 2.68 bits per heavy atom. The molecule has 0 aliphatic carbocycles. The minimum atomic E-state index is -3.82. The zero-order valence-electron chi connectivity index (χ0n) is 9.68. The van der Waals surface area contributed by atoms with Crippen LogP contribution in [-0.4, -0.2) is 38.6 Å². The largest absolute Gasteiger partial charge is 0.388 e. The van der Waals surface area contributed by atoms with Crippen LogP contribution in [0.4, 0.5) is 5.95 Å². The third kappa shape index (κ3) is 3.00. The van der Waals surface area contributed by atoms with Crippen molar-refractivity contribution in [2.75, 3.05) is 4.72 Å². The van der Waals surface area contributed by atoms with Gasteiger partial charge >= 0.3 is 0 Å². The first-order chi connectivity index (χ1) is 8.88. The zero-order valence-corrected chi connectivity index (χ0v) is 11.3. The Bertz CT molecular complexity index is 707. The predicted octanol–water partition coefficient (Wildman–Crippen LogP) is -0.960. The second-order valence-corrected chi connectivity index (χ2v) is 5.57. The molecule has 0 aromatic carbocycles. The SMILES string of the molecule is Cn1nnc(NS(=O)(=O)c2ccc(C(N)=S)nc2)n1. The van der Waals surface area contributed by atoms with Crippen molar-refractivity contribution in [1.82, 2.24) is 25.2 Å². The molecule has 0 aliphatic heterocycles. The van der Waals surface area contributed by atoms with Crippen LogP contribution in [0.5, 0.6) is 0 Å². The number of thiocarbonyl (C=S) groups is 1. The molecule has 0 atom stereocenters. The predicted molar refractivity (Wildman–Crippen MR) is 69.7 cm³/mol. The van der Waals surface area contributed by atoms with E-state index in [4.69, 9.17) is 18.0 Å². The fourth-order valence-electron chi connectivity index (χ4n) is 1.19. The van der Waals surface area contributed by atoms with Gasteiger partial charge in [0.2, 0.25) is 0 Å². The average molecular weight is 299 g/mol. The van der Waals surface area contributed by atoms with Crippen molar-refractivity contribution in [2.24, 2.45) is 12.8 Å². The normalized spacial score (nSPS) is 11.2. The Morgan fingerprint density at radius 1 is 1.47 bits per heavy atom. The van der Waals surface area contributed by atoms with Crippen molar-refractivity contribution in [2.45, 2.75) is 4.90 Å². The van der Waals surface area contributed by atoms with E-state index in [2.05, 4.69) is 25.1 Å². The highest BCUT2D eigenvalue weighted by molar-refractivity contribution is 7.92. The molecule has 0 amide bonds. The quantitative estimate of drug-likeness (QED) is 0.691. The number of tetrazole rings is 1. The third-order valence-electron chi connectivity index (χ3n) is 2.03. The molecule has 0 radical (unpaired) electrons. The van der Waals surface area contributed by atoms with Gasteiger partial charge < -0.3 is 5.73 Å². The summed E-state index contributed by atoms with van der Waals surface area (Å²) < 4.78 is 26.1. The minimum absolute atomic E-state index is 0.0556. The number of sulfonamides is 1. The topological polar surface area (TPSA) is 129 Å². The van der Waals surface area contributed by atoms with Gasteiger partial charge in [-0.2, -0.15) is 4.80 Å². The van der Waals surface area contributed by atoms with Crippen LogP contribution in [0.3, 0.4) is 0 Å². The van der Waals surface area contributed by atoms with Crippen molar-refractivity contribution in [1.29, 1.82) is 0 Å². The van der Waals surface area contributed by atoms with Gasteiger partial charge in [0, 0.05) is 6.20 Å². The Labute approximate surface area is 113 Å². The molecular formula is C8H9N7O2S2. The molecule has 2 aromatic rings. The van der Waals surface area contributed by atoms with Gasteiger partial charge in [-0.15, -0.1) is 5.10 Å². The molecule has 2 heterocycles. The molecule has 0 saturated carbocycles. The van der Waals surface area contributed by atoms with Gasteiger partial charge in [0.25, 0.3) is 16.0 Å². The molecule has 2 rings (SSSR count). The van der Waals surface area contributed by atoms with Crippen LogP contribution in [0, 0.1) is 0 Å². The summed E-state index contributed by atoms with van der Waals surface area (Å²) in [6.07, 6.45) is 1.15. The number of nitrogens with one attached hydrogen (secondary N) is 1. The van der Waals surface area contributed by atoms with Crippen LogP contribution in [0.25, 0.3) is 0 Å². The smallest absolute Gasteiger partial charge is 0.277 e. The second kappa shape index (κ2) is 4.85. The molecule has 0 saturated heterocycles. The van der Waals surface area contributed by atoms with Gasteiger partial charge in [-0.1, -0.05) is 17.3 Å². The van der Waals surface area contributed by atoms with Crippen LogP contribution in [-0.2, 0) is 17.1 Å². The highest BCUT2D eigenvalue weighted by Crippen LogP contribution is 2.11. The maximum absolute atomic E-state index is 12.0. The van der Waals surface area contributed by atoms with Crippen molar-refractivity contribution >= 4 is 33.2 Å². The van der Waals surface area contributed by atoms with E-state index in [1.807, 2.05) is 0 Å². The van der Waals surface area contributed by atoms with E-state index in [0.29, 0.717) is 5.69 Å². The van der Waals surface area contributed by atoms with E-state index >= 15 is 0 Å². The van der Waals surface area contributed by atoms with Crippen LogP contribution in [0.15, 0.2) is 23.2 Å². The maximum Gasteiger partial charge on any atom is 0.277 e. The number of hydrogen-bond donors (Lipinski definition) is 2. The Kier molecular flexibility index (Phi) is 3.40. The summed E-state index contributed by atoms with van der Waals surface area (Å²) in [5.74, 6) is -0.124. The van der Waals surface area contributed by atoms with Crippen molar-refractivity contribution in [3.8, 4) is 0 Å². The van der Waals surface area contributed by atoms with Crippen LogP contribution in [0.1, 0.15) is 5.69 Å². The molecule has 11 heteroatoms. The van der Waals surface area contributed by atoms with E-state index in [-0.39, 0.29) is 15.8 Å². The number of aromatic nitrogens is 5. The molecular weight excluding hydrogens is 290 g/mol. The molecule has 0 spiro atoms. The van der Waals surface area contributed by atoms with E-state index in [1.54, 1.807) is 0 Å². The number of aryl methyl sites for hydroxylation is 1. The molecule has 9 nitrogen and oxygen atoms in total. The summed E-state index contributed by atoms with van der Waals surface area (Å²) in [6, 6.07) is 2.75. The third-order valence-corrected chi connectivity index (χ3v) is 3.56. The Hall–Kier alpha value is -2.14. The first-order valence-electron chi connectivity index (χ1n) is 4.91. The highest BCUT2D eigenvalue weighted by atomic mass is 32.2. The fraction of sp³-hybridized carbons (Fsp3) is 0.125. The lowest BCUT2D eigenvalue weighted by atomic mass is 10.3. The van der Waals surface area contributed by atoms with E-state index in [9.17, 15) is 8.42 Å². The summed E-state index contributed by atoms with van der Waals surface area (Å²) in [7, 11) is -2.30. The lowest BCUT2D eigenvalue weighted by Crippen LogP contribution is -2.16. The second-order valence-electron chi connectivity index (χ2n) is 3.45. The summed E-state index contributed by atoms with van der Waals surface area (Å²) in [4.78, 5) is 5.01. The molecule has 2 aromatic heterocycles. The minimum Gasteiger partial charge on any atom is -0.388 e. The van der Waals surface area contributed by atoms with E-state index in [0.717, 1.165) is 11.0 Å². The number of nitrogens with two attached hydrogens (primary N) is 1. The molecule has 0 fully saturated rings. The molecule has 0 bridgehead atoms. The number of hydrogen-bond acceptors (Lipinski definition) is 7. The van der Waals surface area contributed by atoms with Gasteiger partial charge in [-0.25, -0.2) is 13.1 Å². The number of rotatable bonds is 4. The standard InChI is InChI=1S/C8H9N7O2S2/c1-15-12-8(11-14-15)13-19(16,17)5-2-3-6(7(9)18)10-4-5/h2-4H,1H3,(H2,9,18)(H,12,13). The van der Waals surface area contributed by atoms with Crippen LogP contribution < -0.4 is 10.5 Å². The van der Waals surface area contributed by atoms with Gasteiger partial charge in [-0.3, -0.25) is 4.98 Å². The molecule has 3 N–H and O–H groups in total. The summed E-state index contributed by atoms with van der Waals surface area (Å²) in [5.41, 5.74) is 5.71. The summed E-state index contributed by atoms with van der Waals surface area (Å²) in [6.45, 7) is 0. The van der Waals surface area contributed by atoms with Gasteiger partial charge in [0.1, 0.15) is 9.88 Å². The highest BCUT2D eigenvalue weighted by Gasteiger charge is 2.17. The summed E-state index contributed by atoms with van der Waals surface area (Å²) >= 11 is 4.73.